The van der Waals surface area contributed by atoms with Gasteiger partial charge in [0.05, 0.1) is 23.2 Å². The highest BCUT2D eigenvalue weighted by Crippen LogP contribution is 2.37. The van der Waals surface area contributed by atoms with Gasteiger partial charge < -0.3 is 15.2 Å². The van der Waals surface area contributed by atoms with Gasteiger partial charge in [-0.05, 0) is 59.5 Å². The van der Waals surface area contributed by atoms with Crippen LogP contribution in [0, 0.1) is 0 Å². The van der Waals surface area contributed by atoms with Gasteiger partial charge in [0.25, 0.3) is 0 Å². The number of rotatable bonds is 8. The van der Waals surface area contributed by atoms with Crippen LogP contribution >= 0.6 is 22.9 Å². The van der Waals surface area contributed by atoms with Crippen molar-refractivity contribution in [1.29, 1.82) is 0 Å². The lowest BCUT2D eigenvalue weighted by Crippen LogP contribution is -2.31. The van der Waals surface area contributed by atoms with Crippen LogP contribution in [-0.4, -0.2) is 61.2 Å². The lowest BCUT2D eigenvalue weighted by molar-refractivity contribution is 0.0636. The first-order chi connectivity index (χ1) is 17.7. The van der Waals surface area contributed by atoms with E-state index in [9.17, 15) is 18.3 Å². The van der Waals surface area contributed by atoms with E-state index in [-0.39, 0.29) is 36.3 Å². The number of carbonyl (C=O) groups excluding carboxylic acids is 1. The Balaban J connectivity index is 1.33. The van der Waals surface area contributed by atoms with E-state index in [1.54, 1.807) is 0 Å². The molecule has 13 heteroatoms. The Morgan fingerprint density at radius 1 is 1.30 bits per heavy atom. The van der Waals surface area contributed by atoms with Crippen molar-refractivity contribution in [2.24, 2.45) is 0 Å². The van der Waals surface area contributed by atoms with Gasteiger partial charge in [0.2, 0.25) is 5.78 Å². The van der Waals surface area contributed by atoms with E-state index in [0.29, 0.717) is 22.3 Å². The third-order valence-corrected chi connectivity index (χ3v) is 8.64. The number of fused-ring (bicyclic) bond motifs is 1. The lowest BCUT2D eigenvalue weighted by atomic mass is 9.94. The largest absolute Gasteiger partial charge is 0.390 e. The van der Waals surface area contributed by atoms with Gasteiger partial charge in [0.15, 0.2) is 0 Å². The first-order valence-electron chi connectivity index (χ1n) is 11.6. The molecule has 0 radical (unpaired) electrons. The van der Waals surface area contributed by atoms with Gasteiger partial charge >= 0.3 is 10.3 Å². The predicted octanol–water partition coefficient (Wildman–Crippen LogP) is 2.87. The number of anilines is 1. The molecule has 0 unspecified atom stereocenters. The van der Waals surface area contributed by atoms with Crippen molar-refractivity contribution in [3.05, 3.63) is 74.3 Å². The molecule has 37 heavy (non-hydrogen) atoms. The van der Waals surface area contributed by atoms with Crippen molar-refractivity contribution in [3.63, 3.8) is 0 Å². The van der Waals surface area contributed by atoms with Crippen LogP contribution in [0.4, 0.5) is 5.82 Å². The Bertz CT molecular complexity index is 1420. The fraction of sp³-hybridized carbons (Fsp3) is 0.375. The topological polar surface area (TPSA) is 140 Å². The molecule has 0 amide bonds. The average Bonchev–Trinajstić information content (AvgIpc) is 3.50. The van der Waals surface area contributed by atoms with Crippen molar-refractivity contribution < 1.29 is 27.2 Å². The highest BCUT2D eigenvalue weighted by atomic mass is 35.5. The van der Waals surface area contributed by atoms with Crippen LogP contribution in [0.15, 0.2) is 42.2 Å². The second-order valence-corrected chi connectivity index (χ2v) is 11.7. The fourth-order valence-corrected chi connectivity index (χ4v) is 6.35. The average molecular weight is 565 g/mol. The van der Waals surface area contributed by atoms with Crippen molar-refractivity contribution >= 4 is 44.8 Å². The summed E-state index contributed by atoms with van der Waals surface area (Å²) in [7, 11) is -2.72. The molecule has 4 atom stereocenters. The Labute approximate surface area is 223 Å². The number of benzene rings is 1. The molecule has 5 rings (SSSR count). The molecule has 0 spiro atoms. The van der Waals surface area contributed by atoms with E-state index in [1.165, 1.54) is 30.9 Å². The number of aromatic nitrogens is 2. The second-order valence-electron chi connectivity index (χ2n) is 8.88. The van der Waals surface area contributed by atoms with Crippen LogP contribution in [0.3, 0.4) is 0 Å². The zero-order valence-electron chi connectivity index (χ0n) is 19.8. The summed E-state index contributed by atoms with van der Waals surface area (Å²) >= 11 is 7.47. The van der Waals surface area contributed by atoms with Gasteiger partial charge in [-0.25, -0.2) is 9.97 Å². The third kappa shape index (κ3) is 5.70. The third-order valence-electron chi connectivity index (χ3n) is 6.46. The number of aliphatic hydroxyl groups excluding tert-OH is 1. The van der Waals surface area contributed by atoms with Crippen LogP contribution in [0.25, 0.3) is 0 Å². The second kappa shape index (κ2) is 10.7. The van der Waals surface area contributed by atoms with Gasteiger partial charge in [0.1, 0.15) is 24.4 Å². The van der Waals surface area contributed by atoms with Crippen molar-refractivity contribution in [1.82, 2.24) is 14.7 Å². The molecular formula is C24H25ClN4O6S2. The summed E-state index contributed by atoms with van der Waals surface area (Å²) in [6, 6.07) is 7.22. The first kappa shape index (κ1) is 26.2. The minimum absolute atomic E-state index is 0.214. The quantitative estimate of drug-likeness (QED) is 0.352. The summed E-state index contributed by atoms with van der Waals surface area (Å²) in [6.45, 7) is 0.561. The molecule has 2 aromatic heterocycles. The van der Waals surface area contributed by atoms with Crippen LogP contribution in [0.2, 0.25) is 5.02 Å². The molecule has 1 aromatic carbocycles. The summed E-state index contributed by atoms with van der Waals surface area (Å²) in [4.78, 5) is 22.2. The maximum atomic E-state index is 13.5. The molecule has 2 aliphatic rings. The molecule has 1 fully saturated rings. The number of ether oxygens (including phenoxy) is 1. The maximum Gasteiger partial charge on any atom is 0.335 e. The Morgan fingerprint density at radius 3 is 2.95 bits per heavy atom. The minimum Gasteiger partial charge on any atom is -0.390 e. The van der Waals surface area contributed by atoms with Crippen LogP contribution < -0.4 is 10.0 Å². The molecule has 1 saturated carbocycles. The molecule has 3 N–H and O–H groups in total. The number of aliphatic hydroxyl groups is 1. The molecule has 3 heterocycles. The smallest absolute Gasteiger partial charge is 0.335 e. The zero-order valence-corrected chi connectivity index (χ0v) is 22.1. The van der Waals surface area contributed by atoms with Gasteiger partial charge in [-0.15, -0.1) is 11.3 Å². The SMILES string of the molecule is CNS(=O)(=O)O[C@@H]1C[C@H](Nc2ncncc2C(=O)c2cc([C@@H]3OCCc4cc(Cl)ccc43)cs2)C[C@@H]1O. The summed E-state index contributed by atoms with van der Waals surface area (Å²) in [5.41, 5.74) is 3.33. The summed E-state index contributed by atoms with van der Waals surface area (Å²) < 4.78 is 36.6. The number of thiophene rings is 1. The normalized spacial score (nSPS) is 23.5. The zero-order chi connectivity index (χ0) is 26.2. The first-order valence-corrected chi connectivity index (χ1v) is 14.3. The Hall–Kier alpha value is -2.45. The predicted molar refractivity (Wildman–Crippen MR) is 138 cm³/mol. The van der Waals surface area contributed by atoms with Gasteiger partial charge in [-0.3, -0.25) is 8.98 Å². The monoisotopic (exact) mass is 564 g/mol. The van der Waals surface area contributed by atoms with Crippen LogP contribution in [-0.2, 0) is 25.6 Å². The standard InChI is InChI=1S/C24H25ClN4O6S2/c1-26-37(32,33)35-20-9-16(8-19(20)30)29-24-18(10-27-12-28-24)22(31)21-7-14(11-36-21)23-17-3-2-15(25)6-13(17)4-5-34-23/h2-3,6-7,10-12,16,19-20,23,26,30H,4-5,8-9H2,1H3,(H,27,28,29)/t16-,19+,20-,23+/m1/s1. The number of nitrogens with zero attached hydrogens (tertiary/aromatic N) is 2. The van der Waals surface area contributed by atoms with Crippen LogP contribution in [0.5, 0.6) is 0 Å². The van der Waals surface area contributed by atoms with E-state index in [0.717, 1.165) is 23.1 Å². The van der Waals surface area contributed by atoms with E-state index in [4.69, 9.17) is 20.5 Å². The van der Waals surface area contributed by atoms with E-state index in [2.05, 4.69) is 20.0 Å². The molecular weight excluding hydrogens is 540 g/mol. The number of halogens is 1. The molecule has 1 aliphatic heterocycles. The highest BCUT2D eigenvalue weighted by molar-refractivity contribution is 7.84. The van der Waals surface area contributed by atoms with Crippen molar-refractivity contribution in [2.45, 2.75) is 43.6 Å². The maximum absolute atomic E-state index is 13.5. The van der Waals surface area contributed by atoms with Crippen LogP contribution in [0.1, 0.15) is 50.9 Å². The van der Waals surface area contributed by atoms with Gasteiger partial charge in [-0.2, -0.15) is 13.1 Å². The minimum atomic E-state index is -3.95. The lowest BCUT2D eigenvalue weighted by Gasteiger charge is -2.25. The van der Waals surface area contributed by atoms with E-state index < -0.39 is 22.5 Å². The number of nitrogens with one attached hydrogen (secondary N) is 2. The fourth-order valence-electron chi connectivity index (χ4n) is 4.65. The molecule has 0 bridgehead atoms. The summed E-state index contributed by atoms with van der Waals surface area (Å²) in [5, 5.41) is 16.0. The Kier molecular flexibility index (Phi) is 7.59. The van der Waals surface area contributed by atoms with E-state index >= 15 is 0 Å². The number of hydrogen-bond donors (Lipinski definition) is 3. The van der Waals surface area contributed by atoms with E-state index in [1.807, 2.05) is 29.6 Å². The molecule has 0 saturated heterocycles. The summed E-state index contributed by atoms with van der Waals surface area (Å²) in [6.07, 6.45) is 1.80. The summed E-state index contributed by atoms with van der Waals surface area (Å²) in [5.74, 6) is 0.0498. The number of hydrogen-bond acceptors (Lipinski definition) is 10. The number of carbonyl (C=O) groups is 1. The highest BCUT2D eigenvalue weighted by Gasteiger charge is 2.37. The Morgan fingerprint density at radius 2 is 2.14 bits per heavy atom. The molecule has 1 aliphatic carbocycles. The number of ketones is 1. The molecule has 196 valence electrons. The van der Waals surface area contributed by atoms with Gasteiger partial charge in [0, 0.05) is 24.3 Å². The molecule has 10 nitrogen and oxygen atoms in total. The molecule has 3 aromatic rings. The van der Waals surface area contributed by atoms with Crippen molar-refractivity contribution in [2.75, 3.05) is 19.0 Å². The van der Waals surface area contributed by atoms with Gasteiger partial charge in [-0.1, -0.05) is 17.7 Å². The van der Waals surface area contributed by atoms with Crippen molar-refractivity contribution in [3.8, 4) is 0 Å².